The molecule has 1 aromatic rings. The Bertz CT molecular complexity index is 653. The van der Waals surface area contributed by atoms with Gasteiger partial charge in [0.1, 0.15) is 0 Å². The molecule has 152 valence electrons. The van der Waals surface area contributed by atoms with Crippen LogP contribution in [0.1, 0.15) is 44.1 Å². The maximum absolute atomic E-state index is 12.6. The Morgan fingerprint density at radius 3 is 2.57 bits per heavy atom. The van der Waals surface area contributed by atoms with Crippen molar-refractivity contribution in [3.63, 3.8) is 0 Å². The number of allylic oxidation sites excluding steroid dienone is 1. The van der Waals surface area contributed by atoms with Gasteiger partial charge < -0.3 is 10.2 Å². The minimum atomic E-state index is 0.0738. The number of amides is 2. The zero-order chi connectivity index (χ0) is 19.8. The lowest BCUT2D eigenvalue weighted by atomic mass is 9.93. The molecule has 2 saturated heterocycles. The first-order valence-electron chi connectivity index (χ1n) is 10.6. The van der Waals surface area contributed by atoms with Gasteiger partial charge in [0.2, 0.25) is 11.8 Å². The summed E-state index contributed by atoms with van der Waals surface area (Å²) in [6.07, 6.45) is 7.20. The van der Waals surface area contributed by atoms with Crippen molar-refractivity contribution in [1.29, 1.82) is 0 Å². The van der Waals surface area contributed by atoms with E-state index in [0.29, 0.717) is 19.0 Å². The fraction of sp³-hybridized carbons (Fsp3) is 0.565. The summed E-state index contributed by atoms with van der Waals surface area (Å²) in [6, 6.07) is 10.6. The van der Waals surface area contributed by atoms with E-state index in [1.807, 2.05) is 35.2 Å². The largest absolute Gasteiger partial charge is 0.352 e. The number of hydrogen-bond donors (Lipinski definition) is 1. The zero-order valence-electron chi connectivity index (χ0n) is 16.8. The molecule has 1 N–H and O–H groups in total. The maximum atomic E-state index is 12.6. The van der Waals surface area contributed by atoms with Crippen LogP contribution < -0.4 is 5.32 Å². The highest BCUT2D eigenvalue weighted by molar-refractivity contribution is 5.79. The van der Waals surface area contributed by atoms with Gasteiger partial charge in [0.25, 0.3) is 0 Å². The van der Waals surface area contributed by atoms with Crippen molar-refractivity contribution in [2.75, 3.05) is 26.2 Å². The Balaban J connectivity index is 1.44. The van der Waals surface area contributed by atoms with Crippen molar-refractivity contribution in [1.82, 2.24) is 15.1 Å². The van der Waals surface area contributed by atoms with E-state index in [2.05, 4.69) is 16.8 Å². The molecule has 0 radical (unpaired) electrons. The summed E-state index contributed by atoms with van der Waals surface area (Å²) in [5.41, 5.74) is 1.14. The first-order chi connectivity index (χ1) is 13.7. The molecule has 0 aromatic heterocycles. The number of nitrogens with zero attached hydrogens (tertiary/aromatic N) is 2. The topological polar surface area (TPSA) is 52.7 Å². The molecule has 5 nitrogen and oxygen atoms in total. The van der Waals surface area contributed by atoms with Crippen LogP contribution in [0.5, 0.6) is 0 Å². The number of likely N-dealkylation sites (tertiary alicyclic amines) is 2. The molecule has 0 unspecified atom stereocenters. The average Bonchev–Trinajstić information content (AvgIpc) is 2.76. The summed E-state index contributed by atoms with van der Waals surface area (Å²) < 4.78 is 0. The van der Waals surface area contributed by atoms with Gasteiger partial charge in [0.15, 0.2) is 0 Å². The van der Waals surface area contributed by atoms with Crippen LogP contribution >= 0.6 is 0 Å². The van der Waals surface area contributed by atoms with Gasteiger partial charge in [-0.2, -0.15) is 0 Å². The van der Waals surface area contributed by atoms with Gasteiger partial charge in [0.05, 0.1) is 5.92 Å². The van der Waals surface area contributed by atoms with Crippen LogP contribution in [-0.4, -0.2) is 53.8 Å². The Morgan fingerprint density at radius 2 is 1.86 bits per heavy atom. The van der Waals surface area contributed by atoms with Crippen molar-refractivity contribution in [3.05, 3.63) is 48.6 Å². The highest BCUT2D eigenvalue weighted by Crippen LogP contribution is 2.24. The molecule has 2 aliphatic rings. The summed E-state index contributed by atoms with van der Waals surface area (Å²) in [6.45, 7) is 7.87. The lowest BCUT2D eigenvalue weighted by Gasteiger charge is -2.42. The van der Waals surface area contributed by atoms with Gasteiger partial charge in [-0.25, -0.2) is 0 Å². The monoisotopic (exact) mass is 383 g/mol. The summed E-state index contributed by atoms with van der Waals surface area (Å²) in [4.78, 5) is 29.3. The number of rotatable bonds is 7. The second kappa shape index (κ2) is 10.4. The first kappa shape index (κ1) is 20.6. The SMILES string of the molecule is C=CCCC(=O)N1CCC(N2CCC[C@@H](C(=O)NCc3ccccc3)C2)CC1. The standard InChI is InChI=1S/C23H33N3O2/c1-2-3-11-22(27)25-15-12-21(13-16-25)26-14-7-10-20(18-26)23(28)24-17-19-8-5-4-6-9-19/h2,4-6,8-9,20-21H,1,3,7,10-18H2,(H,24,28)/t20-/m1/s1. The molecule has 0 saturated carbocycles. The predicted octanol–water partition coefficient (Wildman–Crippen LogP) is 2.97. The van der Waals surface area contributed by atoms with Crippen LogP contribution in [-0.2, 0) is 16.1 Å². The highest BCUT2D eigenvalue weighted by atomic mass is 16.2. The third kappa shape index (κ3) is 5.68. The third-order valence-electron chi connectivity index (χ3n) is 6.03. The lowest BCUT2D eigenvalue weighted by Crippen LogP contribution is -2.51. The molecule has 2 amide bonds. The summed E-state index contributed by atoms with van der Waals surface area (Å²) >= 11 is 0. The highest BCUT2D eigenvalue weighted by Gasteiger charge is 2.32. The van der Waals surface area contributed by atoms with Crippen molar-refractivity contribution < 1.29 is 9.59 Å². The number of benzene rings is 1. The predicted molar refractivity (Wildman–Crippen MR) is 112 cm³/mol. The van der Waals surface area contributed by atoms with Crippen LogP contribution in [0, 0.1) is 5.92 Å². The molecule has 5 heteroatoms. The number of carbonyl (C=O) groups excluding carboxylic acids is 2. The number of hydrogen-bond acceptors (Lipinski definition) is 3. The van der Waals surface area contributed by atoms with Gasteiger partial charge in [-0.3, -0.25) is 14.5 Å². The van der Waals surface area contributed by atoms with E-state index in [1.165, 1.54) is 0 Å². The van der Waals surface area contributed by atoms with Crippen LogP contribution in [0.2, 0.25) is 0 Å². The van der Waals surface area contributed by atoms with E-state index in [4.69, 9.17) is 0 Å². The second-order valence-corrected chi connectivity index (χ2v) is 7.98. The summed E-state index contributed by atoms with van der Waals surface area (Å²) in [5.74, 6) is 0.491. The number of piperidine rings is 2. The summed E-state index contributed by atoms with van der Waals surface area (Å²) in [5, 5.41) is 3.11. The molecule has 2 heterocycles. The Hall–Kier alpha value is -2.14. The fourth-order valence-corrected chi connectivity index (χ4v) is 4.35. The molecule has 0 aliphatic carbocycles. The normalized spacial score (nSPS) is 21.3. The van der Waals surface area contributed by atoms with Crippen molar-refractivity contribution in [3.8, 4) is 0 Å². The van der Waals surface area contributed by atoms with Crippen LogP contribution in [0.3, 0.4) is 0 Å². The van der Waals surface area contributed by atoms with Crippen molar-refractivity contribution in [2.45, 2.75) is 51.1 Å². The van der Waals surface area contributed by atoms with Gasteiger partial charge in [-0.15, -0.1) is 6.58 Å². The minimum Gasteiger partial charge on any atom is -0.352 e. The molecular weight excluding hydrogens is 350 g/mol. The Morgan fingerprint density at radius 1 is 1.11 bits per heavy atom. The molecule has 2 aliphatic heterocycles. The molecular formula is C23H33N3O2. The minimum absolute atomic E-state index is 0.0738. The quantitative estimate of drug-likeness (QED) is 0.737. The summed E-state index contributed by atoms with van der Waals surface area (Å²) in [7, 11) is 0. The van der Waals surface area contributed by atoms with Gasteiger partial charge in [-0.1, -0.05) is 36.4 Å². The molecule has 1 atom stereocenters. The maximum Gasteiger partial charge on any atom is 0.224 e. The van der Waals surface area contributed by atoms with Gasteiger partial charge >= 0.3 is 0 Å². The van der Waals surface area contributed by atoms with E-state index in [9.17, 15) is 9.59 Å². The molecule has 0 spiro atoms. The molecule has 0 bridgehead atoms. The van der Waals surface area contributed by atoms with E-state index < -0.39 is 0 Å². The Labute approximate surface area is 168 Å². The number of nitrogens with one attached hydrogen (secondary N) is 1. The third-order valence-corrected chi connectivity index (χ3v) is 6.03. The lowest BCUT2D eigenvalue weighted by molar-refractivity contribution is -0.132. The van der Waals surface area contributed by atoms with Crippen LogP contribution in [0.4, 0.5) is 0 Å². The van der Waals surface area contributed by atoms with Crippen LogP contribution in [0.25, 0.3) is 0 Å². The van der Waals surface area contributed by atoms with E-state index in [1.54, 1.807) is 6.08 Å². The van der Waals surface area contributed by atoms with Crippen molar-refractivity contribution >= 4 is 11.8 Å². The molecule has 2 fully saturated rings. The average molecular weight is 384 g/mol. The van der Waals surface area contributed by atoms with E-state index in [-0.39, 0.29) is 17.7 Å². The van der Waals surface area contributed by atoms with Crippen LogP contribution in [0.15, 0.2) is 43.0 Å². The first-order valence-corrected chi connectivity index (χ1v) is 10.6. The van der Waals surface area contributed by atoms with Gasteiger partial charge in [-0.05, 0) is 44.2 Å². The Kier molecular flexibility index (Phi) is 7.66. The molecule has 1 aromatic carbocycles. The number of carbonyl (C=O) groups is 2. The smallest absolute Gasteiger partial charge is 0.224 e. The van der Waals surface area contributed by atoms with E-state index in [0.717, 1.165) is 63.8 Å². The van der Waals surface area contributed by atoms with E-state index >= 15 is 0 Å². The fourth-order valence-electron chi connectivity index (χ4n) is 4.35. The zero-order valence-corrected chi connectivity index (χ0v) is 16.8. The van der Waals surface area contributed by atoms with Crippen molar-refractivity contribution in [2.24, 2.45) is 5.92 Å². The van der Waals surface area contributed by atoms with Gasteiger partial charge in [0, 0.05) is 38.6 Å². The molecule has 3 rings (SSSR count). The molecule has 28 heavy (non-hydrogen) atoms. The second-order valence-electron chi connectivity index (χ2n) is 7.98.